The van der Waals surface area contributed by atoms with Crippen molar-refractivity contribution < 1.29 is 32.2 Å². The van der Waals surface area contributed by atoms with Crippen LogP contribution in [-0.4, -0.2) is 41.6 Å². The molecule has 1 atom stereocenters. The molecule has 1 aliphatic rings. The van der Waals surface area contributed by atoms with Gasteiger partial charge < -0.3 is 19.2 Å². The summed E-state index contributed by atoms with van der Waals surface area (Å²) in [4.78, 5) is 18.6. The van der Waals surface area contributed by atoms with Gasteiger partial charge in [0.1, 0.15) is 11.5 Å². The Hall–Kier alpha value is -3.11. The number of hydrogen-bond donors (Lipinski definition) is 2. The van der Waals surface area contributed by atoms with E-state index in [9.17, 15) is 18.0 Å². The zero-order valence-electron chi connectivity index (χ0n) is 17.7. The summed E-state index contributed by atoms with van der Waals surface area (Å²) in [5, 5.41) is 2.94. The van der Waals surface area contributed by atoms with E-state index in [1.165, 1.54) is 0 Å². The SMILES string of the molecule is O=C(OC(CC1CCOCC1)NCc1ccc(Oc2ccc3[nH]cnc3c2)cc1)C(F)(F)F. The van der Waals surface area contributed by atoms with Crippen LogP contribution in [0, 0.1) is 5.92 Å². The van der Waals surface area contributed by atoms with Crippen LogP contribution in [0.25, 0.3) is 11.0 Å². The summed E-state index contributed by atoms with van der Waals surface area (Å²) in [6, 6.07) is 12.6. The summed E-state index contributed by atoms with van der Waals surface area (Å²) >= 11 is 0. The van der Waals surface area contributed by atoms with Gasteiger partial charge in [-0.2, -0.15) is 13.2 Å². The Kier molecular flexibility index (Phi) is 7.14. The highest BCUT2D eigenvalue weighted by Crippen LogP contribution is 2.26. The van der Waals surface area contributed by atoms with Gasteiger partial charge in [-0.1, -0.05) is 12.1 Å². The Morgan fingerprint density at radius 2 is 1.88 bits per heavy atom. The summed E-state index contributed by atoms with van der Waals surface area (Å²) in [7, 11) is 0. The lowest BCUT2D eigenvalue weighted by atomic mass is 9.95. The number of nitrogens with one attached hydrogen (secondary N) is 2. The molecular formula is C23H24F3N3O4. The molecule has 0 bridgehead atoms. The standard InChI is InChI=1S/C23H24F3N3O4/c24-23(25,26)22(30)33-21(11-15-7-9-31-10-8-15)27-13-16-1-3-17(4-2-16)32-18-5-6-19-20(12-18)29-14-28-19/h1-6,12,14-15,21,27H,7-11,13H2,(H,28,29). The lowest BCUT2D eigenvalue weighted by molar-refractivity contribution is -0.207. The molecule has 1 aliphatic heterocycles. The number of alkyl halides is 3. The van der Waals surface area contributed by atoms with Gasteiger partial charge in [0.15, 0.2) is 6.23 Å². The van der Waals surface area contributed by atoms with Crippen molar-refractivity contribution in [3.05, 3.63) is 54.4 Å². The normalized spacial score (nSPS) is 16.0. The van der Waals surface area contributed by atoms with Crippen molar-refractivity contribution in [1.82, 2.24) is 15.3 Å². The molecule has 1 fully saturated rings. The van der Waals surface area contributed by atoms with Gasteiger partial charge in [0.2, 0.25) is 0 Å². The number of rotatable bonds is 8. The Morgan fingerprint density at radius 3 is 2.61 bits per heavy atom. The smallest absolute Gasteiger partial charge is 0.457 e. The maximum Gasteiger partial charge on any atom is 0.490 e. The molecule has 4 rings (SSSR count). The summed E-state index contributed by atoms with van der Waals surface area (Å²) in [6.07, 6.45) is -2.73. The molecule has 2 heterocycles. The Labute approximate surface area is 188 Å². The summed E-state index contributed by atoms with van der Waals surface area (Å²) in [5.74, 6) is -0.823. The number of carbonyl (C=O) groups excluding carboxylic acids is 1. The third kappa shape index (κ3) is 6.45. The zero-order valence-corrected chi connectivity index (χ0v) is 17.7. The van der Waals surface area contributed by atoms with E-state index in [0.29, 0.717) is 31.1 Å². The molecule has 3 aromatic rings. The second kappa shape index (κ2) is 10.2. The summed E-state index contributed by atoms with van der Waals surface area (Å²) in [5.41, 5.74) is 2.51. The number of esters is 1. The van der Waals surface area contributed by atoms with Crippen molar-refractivity contribution in [3.8, 4) is 11.5 Å². The Balaban J connectivity index is 1.35. The van der Waals surface area contributed by atoms with E-state index < -0.39 is 18.4 Å². The van der Waals surface area contributed by atoms with Crippen LogP contribution in [0.2, 0.25) is 0 Å². The molecule has 33 heavy (non-hydrogen) atoms. The Bertz CT molecular complexity index is 1060. The predicted molar refractivity (Wildman–Crippen MR) is 114 cm³/mol. The molecule has 0 amide bonds. The third-order valence-corrected chi connectivity index (χ3v) is 5.45. The number of carbonyl (C=O) groups is 1. The van der Waals surface area contributed by atoms with E-state index in [0.717, 1.165) is 29.4 Å². The Morgan fingerprint density at radius 1 is 1.15 bits per heavy atom. The first-order valence-electron chi connectivity index (χ1n) is 10.7. The van der Waals surface area contributed by atoms with Crippen molar-refractivity contribution in [2.24, 2.45) is 5.92 Å². The van der Waals surface area contributed by atoms with Crippen molar-refractivity contribution in [2.45, 2.75) is 38.2 Å². The molecule has 2 N–H and O–H groups in total. The van der Waals surface area contributed by atoms with Crippen LogP contribution < -0.4 is 10.1 Å². The van der Waals surface area contributed by atoms with Gasteiger partial charge in [0.05, 0.1) is 17.4 Å². The predicted octanol–water partition coefficient (Wildman–Crippen LogP) is 4.69. The molecule has 10 heteroatoms. The first kappa shape index (κ1) is 23.1. The molecule has 2 aromatic carbocycles. The number of fused-ring (bicyclic) bond motifs is 1. The van der Waals surface area contributed by atoms with Crippen LogP contribution in [0.3, 0.4) is 0 Å². The molecule has 176 valence electrons. The fourth-order valence-corrected chi connectivity index (χ4v) is 3.67. The minimum Gasteiger partial charge on any atom is -0.457 e. The lowest BCUT2D eigenvalue weighted by Crippen LogP contribution is -2.40. The molecule has 1 unspecified atom stereocenters. The number of halogens is 3. The number of hydrogen-bond acceptors (Lipinski definition) is 6. The van der Waals surface area contributed by atoms with E-state index in [4.69, 9.17) is 14.2 Å². The molecule has 0 aliphatic carbocycles. The maximum absolute atomic E-state index is 12.7. The van der Waals surface area contributed by atoms with Crippen LogP contribution in [0.5, 0.6) is 11.5 Å². The highest BCUT2D eigenvalue weighted by atomic mass is 19.4. The van der Waals surface area contributed by atoms with E-state index >= 15 is 0 Å². The third-order valence-electron chi connectivity index (χ3n) is 5.45. The van der Waals surface area contributed by atoms with Gasteiger partial charge >= 0.3 is 12.1 Å². The second-order valence-corrected chi connectivity index (χ2v) is 7.89. The zero-order chi connectivity index (χ0) is 23.3. The van der Waals surface area contributed by atoms with E-state index in [-0.39, 0.29) is 12.5 Å². The van der Waals surface area contributed by atoms with Crippen LogP contribution in [-0.2, 0) is 20.8 Å². The highest BCUT2D eigenvalue weighted by molar-refractivity contribution is 5.76. The number of H-pyrrole nitrogens is 1. The van der Waals surface area contributed by atoms with Gasteiger partial charge in [0, 0.05) is 32.2 Å². The van der Waals surface area contributed by atoms with E-state index in [1.54, 1.807) is 30.6 Å². The number of benzene rings is 2. The van der Waals surface area contributed by atoms with Crippen LogP contribution >= 0.6 is 0 Å². The molecule has 0 spiro atoms. The van der Waals surface area contributed by atoms with Crippen LogP contribution in [0.4, 0.5) is 13.2 Å². The highest BCUT2D eigenvalue weighted by Gasteiger charge is 2.42. The van der Waals surface area contributed by atoms with E-state index in [1.807, 2.05) is 18.2 Å². The van der Waals surface area contributed by atoms with Crippen LogP contribution in [0.15, 0.2) is 48.8 Å². The van der Waals surface area contributed by atoms with Crippen molar-refractivity contribution in [1.29, 1.82) is 0 Å². The lowest BCUT2D eigenvalue weighted by Gasteiger charge is -2.27. The summed E-state index contributed by atoms with van der Waals surface area (Å²) < 4.78 is 54.0. The van der Waals surface area contributed by atoms with E-state index in [2.05, 4.69) is 15.3 Å². The number of ether oxygens (including phenoxy) is 3. The fourth-order valence-electron chi connectivity index (χ4n) is 3.67. The fraction of sp³-hybridized carbons (Fsp3) is 0.391. The minimum atomic E-state index is -5.03. The molecule has 0 radical (unpaired) electrons. The van der Waals surface area contributed by atoms with Gasteiger partial charge in [-0.25, -0.2) is 9.78 Å². The number of aromatic amines is 1. The maximum atomic E-state index is 12.7. The largest absolute Gasteiger partial charge is 0.490 e. The van der Waals surface area contributed by atoms with Gasteiger partial charge in [-0.3, -0.25) is 5.32 Å². The van der Waals surface area contributed by atoms with Gasteiger partial charge in [-0.15, -0.1) is 0 Å². The van der Waals surface area contributed by atoms with Crippen molar-refractivity contribution in [2.75, 3.05) is 13.2 Å². The monoisotopic (exact) mass is 463 g/mol. The molecule has 7 nitrogen and oxygen atoms in total. The first-order valence-corrected chi connectivity index (χ1v) is 10.7. The average molecular weight is 463 g/mol. The van der Waals surface area contributed by atoms with Crippen LogP contribution in [0.1, 0.15) is 24.8 Å². The molecular weight excluding hydrogens is 439 g/mol. The summed E-state index contributed by atoms with van der Waals surface area (Å²) in [6.45, 7) is 1.34. The van der Waals surface area contributed by atoms with Gasteiger partial charge in [-0.05, 0) is 48.6 Å². The quantitative estimate of drug-likeness (QED) is 0.372. The molecule has 1 aromatic heterocycles. The second-order valence-electron chi connectivity index (χ2n) is 7.89. The molecule has 1 saturated heterocycles. The van der Waals surface area contributed by atoms with Gasteiger partial charge in [0.25, 0.3) is 0 Å². The average Bonchev–Trinajstić information content (AvgIpc) is 3.26. The van der Waals surface area contributed by atoms with Crippen molar-refractivity contribution in [3.63, 3.8) is 0 Å². The minimum absolute atomic E-state index is 0.125. The molecule has 0 saturated carbocycles. The number of imidazole rings is 1. The number of aromatic nitrogens is 2. The van der Waals surface area contributed by atoms with Crippen molar-refractivity contribution >= 4 is 17.0 Å². The first-order chi connectivity index (χ1) is 15.9. The number of nitrogens with zero attached hydrogens (tertiary/aromatic N) is 1. The topological polar surface area (TPSA) is 85.5 Å².